The zero-order chi connectivity index (χ0) is 33.1. The number of esters is 3. The number of unbranched alkanes of at least 4 members (excludes halogenated alkanes) is 23. The fraction of sp³-hybridized carbons (Fsp3) is 0.923. The van der Waals surface area contributed by atoms with Crippen molar-refractivity contribution in [1.82, 2.24) is 0 Å². The van der Waals surface area contributed by atoms with Gasteiger partial charge in [0.25, 0.3) is 0 Å². The fourth-order valence-corrected chi connectivity index (χ4v) is 5.61. The Morgan fingerprint density at radius 1 is 0.378 bits per heavy atom. The highest BCUT2D eigenvalue weighted by molar-refractivity contribution is 5.71. The number of hydrogen-bond donors (Lipinski definition) is 0. The smallest absolute Gasteiger partial charge is 0.308 e. The largest absolute Gasteiger partial charge is 0.466 e. The van der Waals surface area contributed by atoms with Crippen molar-refractivity contribution in [3.8, 4) is 0 Å². The first-order valence-corrected chi connectivity index (χ1v) is 19.6. The van der Waals surface area contributed by atoms with Crippen molar-refractivity contribution in [2.75, 3.05) is 6.61 Å². The van der Waals surface area contributed by atoms with E-state index in [4.69, 9.17) is 14.2 Å². The Kier molecular flexibility index (Phi) is 34.0. The summed E-state index contributed by atoms with van der Waals surface area (Å²) in [5, 5.41) is 0. The minimum atomic E-state index is -0.746. The van der Waals surface area contributed by atoms with Crippen LogP contribution >= 0.6 is 0 Å². The molecule has 0 saturated carbocycles. The van der Waals surface area contributed by atoms with Gasteiger partial charge in [0.15, 0.2) is 0 Å². The van der Waals surface area contributed by atoms with E-state index in [1.54, 1.807) is 0 Å². The van der Waals surface area contributed by atoms with Crippen LogP contribution in [0.25, 0.3) is 0 Å². The molecule has 0 aromatic rings. The lowest BCUT2D eigenvalue weighted by molar-refractivity contribution is -0.189. The first-order chi connectivity index (χ1) is 22.0. The molecule has 0 heterocycles. The minimum absolute atomic E-state index is 0.0544. The molecule has 0 amide bonds. The average molecular weight is 639 g/mol. The van der Waals surface area contributed by atoms with Crippen LogP contribution in [0.15, 0.2) is 0 Å². The summed E-state index contributed by atoms with van der Waals surface area (Å²) in [6, 6.07) is 0. The molecule has 0 rings (SSSR count). The molecule has 1 atom stereocenters. The normalized spacial score (nSPS) is 11.8. The van der Waals surface area contributed by atoms with Gasteiger partial charge in [-0.15, -0.1) is 0 Å². The van der Waals surface area contributed by atoms with Crippen LogP contribution in [-0.2, 0) is 28.6 Å². The molecule has 0 bridgehead atoms. The van der Waals surface area contributed by atoms with Crippen LogP contribution in [0.1, 0.15) is 220 Å². The zero-order valence-corrected chi connectivity index (χ0v) is 30.2. The van der Waals surface area contributed by atoms with Crippen molar-refractivity contribution in [3.63, 3.8) is 0 Å². The standard InChI is InChI=1S/C39H74O6/c1-4-7-10-13-14-15-16-19-24-29-34-39(44-37(41)32-27-22-12-9-6-3)45-38(42)33-28-23-18-17-20-25-30-35-43-36(40)31-26-21-11-8-5-2/h39H,4-35H2,1-3H3. The Hall–Kier alpha value is -1.59. The third-order valence-electron chi connectivity index (χ3n) is 8.58. The third kappa shape index (κ3) is 33.6. The predicted molar refractivity (Wildman–Crippen MR) is 187 cm³/mol. The molecule has 0 aliphatic carbocycles. The van der Waals surface area contributed by atoms with Crippen LogP contribution in [0.4, 0.5) is 0 Å². The van der Waals surface area contributed by atoms with E-state index in [0.717, 1.165) is 89.9 Å². The van der Waals surface area contributed by atoms with E-state index >= 15 is 0 Å². The summed E-state index contributed by atoms with van der Waals surface area (Å²) in [6.45, 7) is 7.16. The molecule has 0 saturated heterocycles. The maximum Gasteiger partial charge on any atom is 0.308 e. The summed E-state index contributed by atoms with van der Waals surface area (Å²) in [5.74, 6) is -0.551. The van der Waals surface area contributed by atoms with Gasteiger partial charge in [-0.2, -0.15) is 0 Å². The quantitative estimate of drug-likeness (QED) is 0.0390. The molecule has 6 heteroatoms. The van der Waals surface area contributed by atoms with Crippen molar-refractivity contribution < 1.29 is 28.6 Å². The summed E-state index contributed by atoms with van der Waals surface area (Å²) < 4.78 is 16.6. The molecule has 0 N–H and O–H groups in total. The first kappa shape index (κ1) is 43.4. The van der Waals surface area contributed by atoms with Gasteiger partial charge in [-0.25, -0.2) is 0 Å². The molecular weight excluding hydrogens is 564 g/mol. The number of ether oxygens (including phenoxy) is 3. The summed E-state index contributed by atoms with van der Waals surface area (Å²) in [7, 11) is 0. The molecule has 0 aromatic carbocycles. The fourth-order valence-electron chi connectivity index (χ4n) is 5.61. The molecule has 6 nitrogen and oxygen atoms in total. The lowest BCUT2D eigenvalue weighted by Crippen LogP contribution is -2.24. The Labute approximate surface area is 278 Å². The monoisotopic (exact) mass is 639 g/mol. The summed E-state index contributed by atoms with van der Waals surface area (Å²) in [4.78, 5) is 36.8. The molecule has 266 valence electrons. The average Bonchev–Trinajstić information content (AvgIpc) is 3.02. The molecular formula is C39H74O6. The SMILES string of the molecule is CCCCCCCCCCCCC(OC(=O)CCCCCCC)OC(=O)CCCCCCCCCOC(=O)CCCCCCC. The Balaban J connectivity index is 4.07. The van der Waals surface area contributed by atoms with Crippen LogP contribution in [0, 0.1) is 0 Å². The second-order valence-electron chi connectivity index (χ2n) is 13.2. The molecule has 0 spiro atoms. The van der Waals surface area contributed by atoms with Crippen LogP contribution in [0.2, 0.25) is 0 Å². The molecule has 1 unspecified atom stereocenters. The van der Waals surface area contributed by atoms with Gasteiger partial charge in [-0.1, -0.05) is 162 Å². The highest BCUT2D eigenvalue weighted by atomic mass is 16.7. The maximum absolute atomic E-state index is 12.6. The molecule has 0 radical (unpaired) electrons. The van der Waals surface area contributed by atoms with Gasteiger partial charge in [-0.3, -0.25) is 14.4 Å². The molecule has 0 aliphatic heterocycles. The van der Waals surface area contributed by atoms with Crippen LogP contribution in [-0.4, -0.2) is 30.8 Å². The second kappa shape index (κ2) is 35.3. The van der Waals surface area contributed by atoms with E-state index in [0.29, 0.717) is 32.3 Å². The van der Waals surface area contributed by atoms with E-state index in [2.05, 4.69) is 20.8 Å². The van der Waals surface area contributed by atoms with Gasteiger partial charge < -0.3 is 14.2 Å². The maximum atomic E-state index is 12.6. The van der Waals surface area contributed by atoms with E-state index in [-0.39, 0.29) is 17.9 Å². The zero-order valence-electron chi connectivity index (χ0n) is 30.2. The van der Waals surface area contributed by atoms with E-state index in [1.165, 1.54) is 83.5 Å². The number of carbonyl (C=O) groups is 3. The van der Waals surface area contributed by atoms with E-state index in [9.17, 15) is 14.4 Å². The molecule has 0 aromatic heterocycles. The lowest BCUT2D eigenvalue weighted by atomic mass is 10.1. The van der Waals surface area contributed by atoms with E-state index < -0.39 is 6.29 Å². The lowest BCUT2D eigenvalue weighted by Gasteiger charge is -2.18. The Morgan fingerprint density at radius 3 is 1.09 bits per heavy atom. The van der Waals surface area contributed by atoms with Gasteiger partial charge in [0.1, 0.15) is 0 Å². The highest BCUT2D eigenvalue weighted by Crippen LogP contribution is 2.17. The summed E-state index contributed by atoms with van der Waals surface area (Å²) in [6.07, 6.45) is 31.8. The van der Waals surface area contributed by atoms with Crippen molar-refractivity contribution in [2.45, 2.75) is 226 Å². The Bertz CT molecular complexity index is 664. The second-order valence-corrected chi connectivity index (χ2v) is 13.2. The Morgan fingerprint density at radius 2 is 0.689 bits per heavy atom. The van der Waals surface area contributed by atoms with Crippen molar-refractivity contribution in [3.05, 3.63) is 0 Å². The highest BCUT2D eigenvalue weighted by Gasteiger charge is 2.18. The first-order valence-electron chi connectivity index (χ1n) is 19.6. The van der Waals surface area contributed by atoms with Crippen LogP contribution in [0.3, 0.4) is 0 Å². The predicted octanol–water partition coefficient (Wildman–Crippen LogP) is 12.1. The van der Waals surface area contributed by atoms with Crippen molar-refractivity contribution >= 4 is 17.9 Å². The summed E-state index contributed by atoms with van der Waals surface area (Å²) >= 11 is 0. The molecule has 0 aliphatic rings. The van der Waals surface area contributed by atoms with Crippen LogP contribution in [0.5, 0.6) is 0 Å². The third-order valence-corrected chi connectivity index (χ3v) is 8.58. The van der Waals surface area contributed by atoms with E-state index in [1.807, 2.05) is 0 Å². The summed E-state index contributed by atoms with van der Waals surface area (Å²) in [5.41, 5.74) is 0. The van der Waals surface area contributed by atoms with Crippen molar-refractivity contribution in [2.24, 2.45) is 0 Å². The number of carbonyl (C=O) groups excluding carboxylic acids is 3. The molecule has 0 fully saturated rings. The van der Waals surface area contributed by atoms with Crippen LogP contribution < -0.4 is 0 Å². The number of rotatable bonds is 35. The van der Waals surface area contributed by atoms with Gasteiger partial charge in [0.05, 0.1) is 6.61 Å². The van der Waals surface area contributed by atoms with Gasteiger partial charge in [0.2, 0.25) is 6.29 Å². The minimum Gasteiger partial charge on any atom is -0.466 e. The van der Waals surface area contributed by atoms with Gasteiger partial charge in [-0.05, 0) is 32.1 Å². The van der Waals surface area contributed by atoms with Gasteiger partial charge >= 0.3 is 17.9 Å². The van der Waals surface area contributed by atoms with Crippen molar-refractivity contribution in [1.29, 1.82) is 0 Å². The van der Waals surface area contributed by atoms with Gasteiger partial charge in [0, 0.05) is 25.7 Å². The topological polar surface area (TPSA) is 78.9 Å². The molecule has 45 heavy (non-hydrogen) atoms. The number of hydrogen-bond acceptors (Lipinski definition) is 6.